The molecular weight excluding hydrogens is 318 g/mol. The Morgan fingerprint density at radius 3 is 2.75 bits per heavy atom. The molecule has 1 amide bonds. The third-order valence-electron chi connectivity index (χ3n) is 2.69. The Hall–Kier alpha value is -1.81. The van der Waals surface area contributed by atoms with E-state index < -0.39 is 0 Å². The predicted octanol–water partition coefficient (Wildman–Crippen LogP) is 4.49. The number of anilines is 1. The molecule has 0 aliphatic carbocycles. The van der Waals surface area contributed by atoms with Crippen LogP contribution in [0.1, 0.15) is 23.7 Å². The summed E-state index contributed by atoms with van der Waals surface area (Å²) in [4.78, 5) is 12.2. The zero-order chi connectivity index (χ0) is 14.4. The van der Waals surface area contributed by atoms with E-state index in [0.29, 0.717) is 17.9 Å². The van der Waals surface area contributed by atoms with Crippen molar-refractivity contribution in [3.05, 3.63) is 58.6 Å². The summed E-state index contributed by atoms with van der Waals surface area (Å²) < 4.78 is 6.38. The van der Waals surface area contributed by atoms with E-state index >= 15 is 0 Å². The highest BCUT2D eigenvalue weighted by Crippen LogP contribution is 2.22. The number of rotatable bonds is 5. The molecule has 0 aromatic heterocycles. The summed E-state index contributed by atoms with van der Waals surface area (Å²) >= 11 is 3.41. The topological polar surface area (TPSA) is 38.3 Å². The molecule has 0 heterocycles. The zero-order valence-corrected chi connectivity index (χ0v) is 12.8. The van der Waals surface area contributed by atoms with Crippen molar-refractivity contribution in [2.45, 2.75) is 13.3 Å². The highest BCUT2D eigenvalue weighted by atomic mass is 79.9. The average Bonchev–Trinajstić information content (AvgIpc) is 2.48. The van der Waals surface area contributed by atoms with Crippen LogP contribution in [-0.4, -0.2) is 12.5 Å². The maximum Gasteiger partial charge on any atom is 0.255 e. The summed E-state index contributed by atoms with van der Waals surface area (Å²) in [5.74, 6) is 0.561. The number of carbonyl (C=O) groups is 1. The summed E-state index contributed by atoms with van der Waals surface area (Å²) in [6.45, 7) is 2.69. The van der Waals surface area contributed by atoms with Crippen molar-refractivity contribution in [3.8, 4) is 5.75 Å². The van der Waals surface area contributed by atoms with Gasteiger partial charge in [0.2, 0.25) is 0 Å². The van der Waals surface area contributed by atoms with Crippen LogP contribution in [0.15, 0.2) is 53.0 Å². The average molecular weight is 334 g/mol. The number of hydrogen-bond acceptors (Lipinski definition) is 2. The summed E-state index contributed by atoms with van der Waals surface area (Å²) in [7, 11) is 0. The Morgan fingerprint density at radius 2 is 2.00 bits per heavy atom. The van der Waals surface area contributed by atoms with Crippen LogP contribution in [0, 0.1) is 0 Å². The SMILES string of the molecule is CCCOc1cccc(C(=O)Nc2ccccc2Br)c1. The lowest BCUT2D eigenvalue weighted by molar-refractivity contribution is 0.102. The number of hydrogen-bond donors (Lipinski definition) is 1. The van der Waals surface area contributed by atoms with E-state index in [0.717, 1.165) is 16.6 Å². The standard InChI is InChI=1S/C16H16BrNO2/c1-2-10-20-13-7-5-6-12(11-13)16(19)18-15-9-4-3-8-14(15)17/h3-9,11H,2,10H2,1H3,(H,18,19). The highest BCUT2D eigenvalue weighted by Gasteiger charge is 2.08. The predicted molar refractivity (Wildman–Crippen MR) is 84.3 cm³/mol. The van der Waals surface area contributed by atoms with Gasteiger partial charge >= 0.3 is 0 Å². The number of carbonyl (C=O) groups excluding carboxylic acids is 1. The first-order valence-electron chi connectivity index (χ1n) is 6.49. The van der Waals surface area contributed by atoms with Crippen LogP contribution >= 0.6 is 15.9 Å². The van der Waals surface area contributed by atoms with E-state index in [-0.39, 0.29) is 5.91 Å². The first kappa shape index (κ1) is 14.6. The molecule has 0 saturated heterocycles. The van der Waals surface area contributed by atoms with Crippen molar-refractivity contribution in [2.24, 2.45) is 0 Å². The number of benzene rings is 2. The van der Waals surface area contributed by atoms with Gasteiger partial charge in [0.15, 0.2) is 0 Å². The molecular formula is C16H16BrNO2. The Kier molecular flexibility index (Phi) is 5.18. The molecule has 2 aromatic carbocycles. The fraction of sp³-hybridized carbons (Fsp3) is 0.188. The minimum Gasteiger partial charge on any atom is -0.494 e. The van der Waals surface area contributed by atoms with E-state index in [1.807, 2.05) is 43.3 Å². The van der Waals surface area contributed by atoms with Gasteiger partial charge < -0.3 is 10.1 Å². The van der Waals surface area contributed by atoms with E-state index in [1.165, 1.54) is 0 Å². The van der Waals surface area contributed by atoms with Gasteiger partial charge in [0.05, 0.1) is 12.3 Å². The van der Waals surface area contributed by atoms with Crippen LogP contribution in [0.4, 0.5) is 5.69 Å². The van der Waals surface area contributed by atoms with E-state index in [9.17, 15) is 4.79 Å². The maximum atomic E-state index is 12.2. The second-order valence-electron chi connectivity index (χ2n) is 4.31. The van der Waals surface area contributed by atoms with Crippen LogP contribution in [-0.2, 0) is 0 Å². The molecule has 0 fully saturated rings. The first-order valence-corrected chi connectivity index (χ1v) is 7.28. The van der Waals surface area contributed by atoms with E-state index in [1.54, 1.807) is 12.1 Å². The van der Waals surface area contributed by atoms with Gasteiger partial charge in [-0.05, 0) is 52.7 Å². The molecule has 4 heteroatoms. The minimum absolute atomic E-state index is 0.154. The van der Waals surface area contributed by atoms with Gasteiger partial charge in [0, 0.05) is 10.0 Å². The van der Waals surface area contributed by atoms with Crippen molar-refractivity contribution >= 4 is 27.5 Å². The van der Waals surface area contributed by atoms with Gasteiger partial charge in [0.25, 0.3) is 5.91 Å². The Labute approximate surface area is 127 Å². The number of amides is 1. The van der Waals surface area contributed by atoms with Crippen LogP contribution in [0.3, 0.4) is 0 Å². The quantitative estimate of drug-likeness (QED) is 0.875. The molecule has 0 radical (unpaired) electrons. The Balaban J connectivity index is 2.11. The molecule has 0 aliphatic heterocycles. The Morgan fingerprint density at radius 1 is 1.20 bits per heavy atom. The lowest BCUT2D eigenvalue weighted by Crippen LogP contribution is -2.12. The lowest BCUT2D eigenvalue weighted by atomic mass is 10.2. The Bertz CT molecular complexity index is 599. The van der Waals surface area contributed by atoms with Crippen molar-refractivity contribution < 1.29 is 9.53 Å². The highest BCUT2D eigenvalue weighted by molar-refractivity contribution is 9.10. The van der Waals surface area contributed by atoms with Crippen molar-refractivity contribution in [1.82, 2.24) is 0 Å². The molecule has 0 saturated carbocycles. The zero-order valence-electron chi connectivity index (χ0n) is 11.2. The number of nitrogens with one attached hydrogen (secondary N) is 1. The molecule has 0 spiro atoms. The third kappa shape index (κ3) is 3.84. The lowest BCUT2D eigenvalue weighted by Gasteiger charge is -2.09. The second kappa shape index (κ2) is 7.10. The van der Waals surface area contributed by atoms with Crippen molar-refractivity contribution in [2.75, 3.05) is 11.9 Å². The van der Waals surface area contributed by atoms with E-state index in [4.69, 9.17) is 4.74 Å². The first-order chi connectivity index (χ1) is 9.70. The molecule has 0 atom stereocenters. The molecule has 104 valence electrons. The van der Waals surface area contributed by atoms with Crippen LogP contribution in [0.5, 0.6) is 5.75 Å². The normalized spacial score (nSPS) is 10.1. The van der Waals surface area contributed by atoms with Crippen molar-refractivity contribution in [3.63, 3.8) is 0 Å². The minimum atomic E-state index is -0.154. The molecule has 1 N–H and O–H groups in total. The fourth-order valence-corrected chi connectivity index (χ4v) is 2.09. The van der Waals surface area contributed by atoms with Crippen molar-refractivity contribution in [1.29, 1.82) is 0 Å². The van der Waals surface area contributed by atoms with Crippen LogP contribution < -0.4 is 10.1 Å². The molecule has 20 heavy (non-hydrogen) atoms. The smallest absolute Gasteiger partial charge is 0.255 e. The molecule has 3 nitrogen and oxygen atoms in total. The number of halogens is 1. The van der Waals surface area contributed by atoms with Gasteiger partial charge in [-0.25, -0.2) is 0 Å². The summed E-state index contributed by atoms with van der Waals surface area (Å²) in [6.07, 6.45) is 0.938. The van der Waals surface area contributed by atoms with Crippen LogP contribution in [0.2, 0.25) is 0 Å². The molecule has 2 rings (SSSR count). The van der Waals surface area contributed by atoms with Gasteiger partial charge in [-0.15, -0.1) is 0 Å². The maximum absolute atomic E-state index is 12.2. The summed E-state index contributed by atoms with van der Waals surface area (Å²) in [5.41, 5.74) is 1.33. The monoisotopic (exact) mass is 333 g/mol. The molecule has 0 aliphatic rings. The van der Waals surface area contributed by atoms with Gasteiger partial charge in [-0.1, -0.05) is 25.1 Å². The number of ether oxygens (including phenoxy) is 1. The van der Waals surface area contributed by atoms with E-state index in [2.05, 4.69) is 21.2 Å². The molecule has 0 unspecified atom stereocenters. The summed E-state index contributed by atoms with van der Waals surface area (Å²) in [6, 6.07) is 14.7. The summed E-state index contributed by atoms with van der Waals surface area (Å²) in [5, 5.41) is 2.87. The second-order valence-corrected chi connectivity index (χ2v) is 5.16. The molecule has 2 aromatic rings. The van der Waals surface area contributed by atoms with Gasteiger partial charge in [-0.3, -0.25) is 4.79 Å². The molecule has 0 bridgehead atoms. The third-order valence-corrected chi connectivity index (χ3v) is 3.38. The van der Waals surface area contributed by atoms with Gasteiger partial charge in [0.1, 0.15) is 5.75 Å². The van der Waals surface area contributed by atoms with Crippen LogP contribution in [0.25, 0.3) is 0 Å². The van der Waals surface area contributed by atoms with Gasteiger partial charge in [-0.2, -0.15) is 0 Å². The fourth-order valence-electron chi connectivity index (χ4n) is 1.70. The number of para-hydroxylation sites is 1. The largest absolute Gasteiger partial charge is 0.494 e.